The van der Waals surface area contributed by atoms with Gasteiger partial charge in [-0.05, 0) is 49.7 Å². The van der Waals surface area contributed by atoms with Crippen LogP contribution >= 0.6 is 0 Å². The van der Waals surface area contributed by atoms with Crippen LogP contribution in [0.1, 0.15) is 42.6 Å². The summed E-state index contributed by atoms with van der Waals surface area (Å²) in [4.78, 5) is 12.7. The molecular weight excluding hydrogens is 316 g/mol. The Labute approximate surface area is 147 Å². The largest absolute Gasteiger partial charge is 0.504 e. The lowest BCUT2D eigenvalue weighted by Crippen LogP contribution is -2.53. The van der Waals surface area contributed by atoms with E-state index in [0.717, 1.165) is 31.4 Å². The highest BCUT2D eigenvalue weighted by Crippen LogP contribution is 2.39. The van der Waals surface area contributed by atoms with Crippen molar-refractivity contribution in [1.82, 2.24) is 15.1 Å². The van der Waals surface area contributed by atoms with Gasteiger partial charge >= 0.3 is 0 Å². The molecule has 2 saturated carbocycles. The number of carbonyl (C=O) groups is 1. The van der Waals surface area contributed by atoms with Crippen LogP contribution in [0.4, 0.5) is 0 Å². The van der Waals surface area contributed by atoms with Crippen LogP contribution in [0.3, 0.4) is 0 Å². The molecular formula is C19H24N4O2. The highest BCUT2D eigenvalue weighted by Gasteiger charge is 2.40. The summed E-state index contributed by atoms with van der Waals surface area (Å²) in [6.07, 6.45) is 6.83. The number of nitrogens with two attached hydrogens (primary N) is 1. The third-order valence-corrected chi connectivity index (χ3v) is 5.61. The zero-order valence-electron chi connectivity index (χ0n) is 14.1. The van der Waals surface area contributed by atoms with Crippen molar-refractivity contribution in [2.45, 2.75) is 44.2 Å². The molecule has 0 spiro atoms. The third kappa shape index (κ3) is 3.14. The normalized spacial score (nSPS) is 28.5. The van der Waals surface area contributed by atoms with Gasteiger partial charge in [0.2, 0.25) is 0 Å². The van der Waals surface area contributed by atoms with Gasteiger partial charge < -0.3 is 16.2 Å². The van der Waals surface area contributed by atoms with Gasteiger partial charge in [0.1, 0.15) is 0 Å². The zero-order valence-corrected chi connectivity index (χ0v) is 14.1. The minimum Gasteiger partial charge on any atom is -0.504 e. The number of aromatic hydroxyl groups is 1. The smallest absolute Gasteiger partial charge is 0.275 e. The Kier molecular flexibility index (Phi) is 4.21. The fourth-order valence-electron chi connectivity index (χ4n) is 4.48. The number of rotatable bonds is 3. The Balaban J connectivity index is 1.53. The summed E-state index contributed by atoms with van der Waals surface area (Å²) < 4.78 is 1.53. The van der Waals surface area contributed by atoms with Crippen LogP contribution in [0.15, 0.2) is 36.5 Å². The van der Waals surface area contributed by atoms with Gasteiger partial charge in [0.05, 0.1) is 11.9 Å². The Morgan fingerprint density at radius 3 is 2.56 bits per heavy atom. The van der Waals surface area contributed by atoms with E-state index in [1.54, 1.807) is 0 Å². The van der Waals surface area contributed by atoms with Gasteiger partial charge in [0.25, 0.3) is 5.91 Å². The number of amides is 1. The second-order valence-corrected chi connectivity index (χ2v) is 7.32. The number of hydrogen-bond acceptors (Lipinski definition) is 4. The molecule has 0 aliphatic heterocycles. The minimum atomic E-state index is -0.301. The van der Waals surface area contributed by atoms with E-state index in [0.29, 0.717) is 11.8 Å². The third-order valence-electron chi connectivity index (χ3n) is 5.61. The number of nitrogens with one attached hydrogen (secondary N) is 1. The lowest BCUT2D eigenvalue weighted by Gasteiger charge is -2.45. The Morgan fingerprint density at radius 2 is 1.88 bits per heavy atom. The minimum absolute atomic E-state index is 0.0804. The number of fused-ring (bicyclic) bond motifs is 2. The molecule has 0 saturated heterocycles. The molecule has 2 aliphatic carbocycles. The van der Waals surface area contributed by atoms with E-state index in [1.165, 1.54) is 17.3 Å². The molecule has 0 radical (unpaired) electrons. The molecule has 2 unspecified atom stereocenters. The van der Waals surface area contributed by atoms with Gasteiger partial charge in [-0.25, -0.2) is 4.68 Å². The topological polar surface area (TPSA) is 93.2 Å². The second-order valence-electron chi connectivity index (χ2n) is 7.32. The molecule has 6 nitrogen and oxygen atoms in total. The van der Waals surface area contributed by atoms with Crippen molar-refractivity contribution in [3.05, 3.63) is 42.2 Å². The Morgan fingerprint density at radius 1 is 1.20 bits per heavy atom. The molecule has 132 valence electrons. The lowest BCUT2D eigenvalue weighted by molar-refractivity contribution is 0.0749. The van der Waals surface area contributed by atoms with Crippen LogP contribution in [0.2, 0.25) is 0 Å². The number of para-hydroxylation sites is 1. The summed E-state index contributed by atoms with van der Waals surface area (Å²) in [7, 11) is 0. The summed E-state index contributed by atoms with van der Waals surface area (Å²) in [6, 6.07) is 9.83. The number of hydrogen-bond donors (Lipinski definition) is 3. The summed E-state index contributed by atoms with van der Waals surface area (Å²) in [5.74, 6) is 0.471. The van der Waals surface area contributed by atoms with Gasteiger partial charge in [-0.2, -0.15) is 5.10 Å². The molecule has 25 heavy (non-hydrogen) atoms. The van der Waals surface area contributed by atoms with E-state index in [4.69, 9.17) is 5.73 Å². The predicted octanol–water partition coefficient (Wildman–Crippen LogP) is 2.21. The highest BCUT2D eigenvalue weighted by atomic mass is 16.3. The van der Waals surface area contributed by atoms with Crippen LogP contribution in [0.5, 0.6) is 5.75 Å². The summed E-state index contributed by atoms with van der Waals surface area (Å²) >= 11 is 0. The first-order chi connectivity index (χ1) is 12.1. The molecule has 2 aliphatic rings. The van der Waals surface area contributed by atoms with Gasteiger partial charge in [0.15, 0.2) is 11.4 Å². The first kappa shape index (κ1) is 16.1. The quantitative estimate of drug-likeness (QED) is 0.798. The van der Waals surface area contributed by atoms with Crippen LogP contribution in [0.25, 0.3) is 5.69 Å². The summed E-state index contributed by atoms with van der Waals surface area (Å²) in [6.45, 7) is 0. The van der Waals surface area contributed by atoms with Crippen molar-refractivity contribution in [2.75, 3.05) is 0 Å². The van der Waals surface area contributed by atoms with Crippen LogP contribution < -0.4 is 11.1 Å². The number of aromatic nitrogens is 2. The number of carbonyl (C=O) groups excluding carboxylic acids is 1. The van der Waals surface area contributed by atoms with Crippen molar-refractivity contribution < 1.29 is 9.90 Å². The fourth-order valence-corrected chi connectivity index (χ4v) is 4.48. The van der Waals surface area contributed by atoms with Crippen molar-refractivity contribution >= 4 is 5.91 Å². The van der Waals surface area contributed by atoms with E-state index in [9.17, 15) is 9.90 Å². The molecule has 1 heterocycles. The van der Waals surface area contributed by atoms with E-state index in [1.807, 2.05) is 30.3 Å². The van der Waals surface area contributed by atoms with E-state index in [2.05, 4.69) is 10.4 Å². The average molecular weight is 340 g/mol. The molecule has 1 aromatic heterocycles. The Hall–Kier alpha value is -2.34. The highest BCUT2D eigenvalue weighted by molar-refractivity contribution is 5.95. The second kappa shape index (κ2) is 6.52. The molecule has 2 bridgehead atoms. The van der Waals surface area contributed by atoms with Crippen molar-refractivity contribution in [3.63, 3.8) is 0 Å². The molecule has 1 amide bonds. The van der Waals surface area contributed by atoms with Crippen LogP contribution in [-0.4, -0.2) is 32.9 Å². The fraction of sp³-hybridized carbons (Fsp3) is 0.474. The number of nitrogens with zero attached hydrogens (tertiary/aromatic N) is 2. The molecule has 2 aromatic rings. The number of benzene rings is 1. The molecule has 4 N–H and O–H groups in total. The zero-order chi connectivity index (χ0) is 17.4. The van der Waals surface area contributed by atoms with Gasteiger partial charge in [-0.15, -0.1) is 0 Å². The van der Waals surface area contributed by atoms with Crippen molar-refractivity contribution in [2.24, 2.45) is 17.6 Å². The first-order valence-corrected chi connectivity index (χ1v) is 9.02. The van der Waals surface area contributed by atoms with Crippen molar-refractivity contribution in [1.29, 1.82) is 0 Å². The molecule has 2 fully saturated rings. The maximum atomic E-state index is 12.7. The summed E-state index contributed by atoms with van der Waals surface area (Å²) in [5.41, 5.74) is 7.04. The monoisotopic (exact) mass is 340 g/mol. The lowest BCUT2D eigenvalue weighted by atomic mass is 9.67. The maximum Gasteiger partial charge on any atom is 0.275 e. The first-order valence-electron chi connectivity index (χ1n) is 9.02. The molecule has 1 aromatic carbocycles. The van der Waals surface area contributed by atoms with Gasteiger partial charge in [-0.1, -0.05) is 24.6 Å². The average Bonchev–Trinajstić information content (AvgIpc) is 2.98. The maximum absolute atomic E-state index is 12.7. The van der Waals surface area contributed by atoms with Crippen LogP contribution in [-0.2, 0) is 0 Å². The van der Waals surface area contributed by atoms with E-state index in [-0.39, 0.29) is 29.4 Å². The summed E-state index contributed by atoms with van der Waals surface area (Å²) in [5, 5.41) is 17.6. The molecule has 6 heteroatoms. The van der Waals surface area contributed by atoms with E-state index < -0.39 is 0 Å². The predicted molar refractivity (Wildman–Crippen MR) is 94.5 cm³/mol. The molecule has 4 rings (SSSR count). The van der Waals surface area contributed by atoms with E-state index >= 15 is 0 Å². The van der Waals surface area contributed by atoms with Crippen molar-refractivity contribution in [3.8, 4) is 11.4 Å². The SMILES string of the molecule is NC1CC2CCCC(C1)C2NC(=O)c1nn(-c2ccccc2)cc1O. The van der Waals surface area contributed by atoms with Gasteiger partial charge in [-0.3, -0.25) is 4.79 Å². The standard InChI is InChI=1S/C19H24N4O2/c20-14-9-12-5-4-6-13(10-14)17(12)21-19(25)18-16(24)11-23(22-18)15-7-2-1-3-8-15/h1-3,7-8,11-14,17,24H,4-6,9-10,20H2,(H,21,25). The Bertz CT molecular complexity index is 744. The van der Waals surface area contributed by atoms with Gasteiger partial charge in [0, 0.05) is 12.1 Å². The molecule has 2 atom stereocenters. The van der Waals surface area contributed by atoms with Crippen LogP contribution in [0, 0.1) is 11.8 Å².